The Labute approximate surface area is 176 Å². The average Bonchev–Trinajstić information content (AvgIpc) is 3.12. The van der Waals surface area contributed by atoms with Gasteiger partial charge in [-0.3, -0.25) is 4.79 Å². The van der Waals surface area contributed by atoms with Crippen LogP contribution in [0.1, 0.15) is 43.4 Å². The van der Waals surface area contributed by atoms with Gasteiger partial charge in [0.15, 0.2) is 16.8 Å². The van der Waals surface area contributed by atoms with Gasteiger partial charge in [0.1, 0.15) is 12.4 Å². The normalized spacial score (nSPS) is 12.1. The van der Waals surface area contributed by atoms with E-state index >= 15 is 0 Å². The topological polar surface area (TPSA) is 57.0 Å². The van der Waals surface area contributed by atoms with Crippen molar-refractivity contribution >= 4 is 17.5 Å². The number of carbonyl (C=O) groups excluding carboxylic acids is 1. The smallest absolute Gasteiger partial charge is 0.192 e. The molecular formula is C23H27N3O2S. The maximum Gasteiger partial charge on any atom is 0.192 e. The summed E-state index contributed by atoms with van der Waals surface area (Å²) in [6.07, 6.45) is 1.00. The molecule has 6 heteroatoms. The number of rotatable bonds is 10. The highest BCUT2D eigenvalue weighted by molar-refractivity contribution is 8.00. The van der Waals surface area contributed by atoms with Gasteiger partial charge in [-0.1, -0.05) is 74.1 Å². The molecule has 5 nitrogen and oxygen atoms in total. The number of hydrogen-bond donors (Lipinski definition) is 0. The standard InChI is InChI=1S/C23H27N3O2S/c1-17(2)14-15-26-21(16-28-20-12-8-5-9-13-20)24-25-23(26)29-18(3)22(27)19-10-6-4-7-11-19/h4-13,17-18H,14-16H2,1-3H3. The van der Waals surface area contributed by atoms with E-state index in [0.29, 0.717) is 18.1 Å². The number of Topliss-reactive ketones (excluding diaryl/α,β-unsaturated/α-hetero) is 1. The molecule has 1 unspecified atom stereocenters. The molecule has 0 radical (unpaired) electrons. The van der Waals surface area contributed by atoms with Crippen molar-refractivity contribution in [1.29, 1.82) is 0 Å². The van der Waals surface area contributed by atoms with E-state index in [9.17, 15) is 4.79 Å². The molecule has 0 amide bonds. The molecule has 0 spiro atoms. The lowest BCUT2D eigenvalue weighted by molar-refractivity contribution is 0.0994. The summed E-state index contributed by atoms with van der Waals surface area (Å²) in [7, 11) is 0. The summed E-state index contributed by atoms with van der Waals surface area (Å²) >= 11 is 1.45. The molecule has 0 fully saturated rings. The fraction of sp³-hybridized carbons (Fsp3) is 0.348. The lowest BCUT2D eigenvalue weighted by atomic mass is 10.1. The highest BCUT2D eigenvalue weighted by Gasteiger charge is 2.21. The molecule has 3 aromatic rings. The zero-order chi connectivity index (χ0) is 20.6. The van der Waals surface area contributed by atoms with Crippen molar-refractivity contribution < 1.29 is 9.53 Å². The third-order valence-electron chi connectivity index (χ3n) is 4.54. The first-order valence-electron chi connectivity index (χ1n) is 9.90. The third-order valence-corrected chi connectivity index (χ3v) is 5.62. The minimum absolute atomic E-state index is 0.0936. The number of carbonyl (C=O) groups is 1. The van der Waals surface area contributed by atoms with Gasteiger partial charge >= 0.3 is 0 Å². The van der Waals surface area contributed by atoms with Gasteiger partial charge in [-0.15, -0.1) is 10.2 Å². The fourth-order valence-corrected chi connectivity index (χ4v) is 3.81. The molecule has 0 N–H and O–H groups in total. The van der Waals surface area contributed by atoms with Crippen LogP contribution in [0.5, 0.6) is 5.75 Å². The molecule has 3 rings (SSSR count). The lowest BCUT2D eigenvalue weighted by Crippen LogP contribution is -2.16. The van der Waals surface area contributed by atoms with Crippen molar-refractivity contribution in [3.05, 3.63) is 72.1 Å². The van der Waals surface area contributed by atoms with E-state index in [2.05, 4.69) is 28.6 Å². The Kier molecular flexibility index (Phi) is 7.47. The van der Waals surface area contributed by atoms with Gasteiger partial charge in [-0.25, -0.2) is 0 Å². The first kappa shape index (κ1) is 21.1. The molecule has 1 heterocycles. The van der Waals surface area contributed by atoms with Crippen LogP contribution in [-0.2, 0) is 13.2 Å². The number of nitrogens with zero attached hydrogens (tertiary/aromatic N) is 3. The summed E-state index contributed by atoms with van der Waals surface area (Å²) in [5, 5.41) is 9.23. The van der Waals surface area contributed by atoms with Crippen molar-refractivity contribution in [1.82, 2.24) is 14.8 Å². The van der Waals surface area contributed by atoms with Crippen molar-refractivity contribution in [2.75, 3.05) is 0 Å². The molecule has 1 aromatic heterocycles. The second kappa shape index (κ2) is 10.3. The van der Waals surface area contributed by atoms with Crippen LogP contribution in [-0.4, -0.2) is 25.8 Å². The minimum Gasteiger partial charge on any atom is -0.486 e. The molecule has 0 aliphatic rings. The van der Waals surface area contributed by atoms with E-state index in [1.54, 1.807) is 0 Å². The van der Waals surface area contributed by atoms with Gasteiger partial charge in [0, 0.05) is 12.1 Å². The predicted octanol–water partition coefficient (Wildman–Crippen LogP) is 5.27. The van der Waals surface area contributed by atoms with Crippen LogP contribution < -0.4 is 4.74 Å². The predicted molar refractivity (Wildman–Crippen MR) is 116 cm³/mol. The summed E-state index contributed by atoms with van der Waals surface area (Å²) in [6.45, 7) is 7.45. The van der Waals surface area contributed by atoms with Crippen LogP contribution in [0, 0.1) is 5.92 Å². The van der Waals surface area contributed by atoms with Gasteiger partial charge < -0.3 is 9.30 Å². The van der Waals surface area contributed by atoms with Crippen LogP contribution in [0.4, 0.5) is 0 Å². The molecule has 0 saturated carbocycles. The quantitative estimate of drug-likeness (QED) is 0.337. The van der Waals surface area contributed by atoms with E-state index in [-0.39, 0.29) is 11.0 Å². The van der Waals surface area contributed by atoms with Gasteiger partial charge in [-0.2, -0.15) is 0 Å². The number of aromatic nitrogens is 3. The highest BCUT2D eigenvalue weighted by Crippen LogP contribution is 2.26. The van der Waals surface area contributed by atoms with E-state index in [1.165, 1.54) is 11.8 Å². The SMILES string of the molecule is CC(C)CCn1c(COc2ccccc2)nnc1SC(C)C(=O)c1ccccc1. The number of hydrogen-bond acceptors (Lipinski definition) is 5. The summed E-state index contributed by atoms with van der Waals surface area (Å²) in [4.78, 5) is 12.7. The van der Waals surface area contributed by atoms with Crippen molar-refractivity contribution in [3.63, 3.8) is 0 Å². The molecule has 0 aliphatic heterocycles. The van der Waals surface area contributed by atoms with Gasteiger partial charge in [0.25, 0.3) is 0 Å². The first-order valence-corrected chi connectivity index (χ1v) is 10.8. The number of benzene rings is 2. The Morgan fingerprint density at radius 1 is 1.00 bits per heavy atom. The summed E-state index contributed by atoms with van der Waals surface area (Å²) in [5.41, 5.74) is 0.716. The van der Waals surface area contributed by atoms with Crippen LogP contribution in [0.15, 0.2) is 65.8 Å². The fourth-order valence-electron chi connectivity index (χ4n) is 2.84. The Morgan fingerprint density at radius 2 is 1.66 bits per heavy atom. The van der Waals surface area contributed by atoms with E-state index in [4.69, 9.17) is 4.74 Å². The Bertz CT molecular complexity index is 910. The van der Waals surface area contributed by atoms with Crippen LogP contribution in [0.2, 0.25) is 0 Å². The summed E-state index contributed by atoms with van der Waals surface area (Å²) in [5.74, 6) is 2.22. The zero-order valence-electron chi connectivity index (χ0n) is 17.1. The Balaban J connectivity index is 1.74. The highest BCUT2D eigenvalue weighted by atomic mass is 32.2. The Hall–Kier alpha value is -2.60. The first-order chi connectivity index (χ1) is 14.0. The van der Waals surface area contributed by atoms with Crippen LogP contribution in [0.3, 0.4) is 0 Å². The second-order valence-electron chi connectivity index (χ2n) is 7.33. The minimum atomic E-state index is -0.248. The maximum absolute atomic E-state index is 12.7. The summed E-state index contributed by atoms with van der Waals surface area (Å²) in [6, 6.07) is 19.1. The molecule has 2 aromatic carbocycles. The van der Waals surface area contributed by atoms with Crippen LogP contribution >= 0.6 is 11.8 Å². The lowest BCUT2D eigenvalue weighted by Gasteiger charge is -2.14. The van der Waals surface area contributed by atoms with E-state index in [0.717, 1.165) is 29.7 Å². The molecule has 0 aliphatic carbocycles. The number of para-hydroxylation sites is 1. The molecule has 0 saturated heterocycles. The van der Waals surface area contributed by atoms with Gasteiger partial charge in [0.2, 0.25) is 0 Å². The van der Waals surface area contributed by atoms with Crippen molar-refractivity contribution in [2.45, 2.75) is 50.8 Å². The molecule has 1 atom stereocenters. The number of ketones is 1. The van der Waals surface area contributed by atoms with Crippen molar-refractivity contribution in [2.24, 2.45) is 5.92 Å². The van der Waals surface area contributed by atoms with E-state index < -0.39 is 0 Å². The number of ether oxygens (including phenoxy) is 1. The monoisotopic (exact) mass is 409 g/mol. The average molecular weight is 410 g/mol. The molecule has 152 valence electrons. The second-order valence-corrected chi connectivity index (χ2v) is 8.63. The number of thioether (sulfide) groups is 1. The summed E-state index contributed by atoms with van der Waals surface area (Å²) < 4.78 is 7.96. The van der Waals surface area contributed by atoms with Gasteiger partial charge in [0.05, 0.1) is 5.25 Å². The molecular weight excluding hydrogens is 382 g/mol. The third kappa shape index (κ3) is 5.94. The van der Waals surface area contributed by atoms with E-state index in [1.807, 2.05) is 67.6 Å². The molecule has 29 heavy (non-hydrogen) atoms. The van der Waals surface area contributed by atoms with Crippen LogP contribution in [0.25, 0.3) is 0 Å². The van der Waals surface area contributed by atoms with Gasteiger partial charge in [-0.05, 0) is 31.4 Å². The molecule has 0 bridgehead atoms. The largest absolute Gasteiger partial charge is 0.486 e. The zero-order valence-corrected chi connectivity index (χ0v) is 17.9. The van der Waals surface area contributed by atoms with Crippen molar-refractivity contribution in [3.8, 4) is 5.75 Å². The maximum atomic E-state index is 12.7. The Morgan fingerprint density at radius 3 is 2.31 bits per heavy atom.